The number of cyclic esters (lactones) is 1. The van der Waals surface area contributed by atoms with E-state index in [-0.39, 0.29) is 12.1 Å². The predicted molar refractivity (Wildman–Crippen MR) is 44.4 cm³/mol. The Balaban J connectivity index is 0.000000120. The molecule has 2 unspecified atom stereocenters. The smallest absolute Gasteiger partial charge is 0.309 e. The first-order valence-electron chi connectivity index (χ1n) is 4.10. The molecule has 0 aromatic carbocycles. The fourth-order valence-electron chi connectivity index (χ4n) is 0.817. The molecule has 2 atom stereocenters. The van der Waals surface area contributed by atoms with Crippen molar-refractivity contribution >= 4 is 5.97 Å². The van der Waals surface area contributed by atoms with Gasteiger partial charge in [-0.05, 0) is 6.92 Å². The summed E-state index contributed by atoms with van der Waals surface area (Å²) in [5.74, 6) is 1.49. The molecule has 2 aliphatic heterocycles. The lowest BCUT2D eigenvalue weighted by Gasteiger charge is -2.25. The molecule has 0 N–H and O–H groups in total. The van der Waals surface area contributed by atoms with Crippen LogP contribution in [0.2, 0.25) is 0 Å². The Morgan fingerprint density at radius 3 is 2.00 bits per heavy atom. The highest BCUT2D eigenvalue weighted by atomic mass is 16.6. The Morgan fingerprint density at radius 2 is 2.00 bits per heavy atom. The summed E-state index contributed by atoms with van der Waals surface area (Å²) in [5, 5.41) is 0. The van der Waals surface area contributed by atoms with Crippen molar-refractivity contribution in [1.82, 2.24) is 0 Å². The first-order valence-corrected chi connectivity index (χ1v) is 4.10. The molecule has 0 bridgehead atoms. The van der Waals surface area contributed by atoms with Crippen molar-refractivity contribution in [3.8, 4) is 0 Å². The van der Waals surface area contributed by atoms with Crippen molar-refractivity contribution in [1.29, 1.82) is 0 Å². The minimum Gasteiger partial charge on any atom is -0.497 e. The summed E-state index contributed by atoms with van der Waals surface area (Å²) in [6, 6.07) is 0. The quantitative estimate of drug-likeness (QED) is 0.517. The van der Waals surface area contributed by atoms with Crippen LogP contribution < -0.4 is 0 Å². The molecule has 2 aliphatic rings. The molecule has 0 radical (unpaired) electrons. The van der Waals surface area contributed by atoms with E-state index in [1.165, 1.54) is 0 Å². The van der Waals surface area contributed by atoms with Crippen LogP contribution in [-0.4, -0.2) is 18.7 Å². The van der Waals surface area contributed by atoms with Crippen LogP contribution in [0.4, 0.5) is 0 Å². The average Bonchev–Trinajstić information content (AvgIpc) is 2.00. The molecule has 0 saturated carbocycles. The SMILES string of the molecule is C=C1OCC1C.CC1CC(=O)O1. The van der Waals surface area contributed by atoms with E-state index in [1.807, 2.05) is 6.92 Å². The zero-order chi connectivity index (χ0) is 9.14. The van der Waals surface area contributed by atoms with E-state index in [2.05, 4.69) is 18.2 Å². The fraction of sp³-hybridized carbons (Fsp3) is 0.667. The second kappa shape index (κ2) is 3.61. The molecule has 2 saturated heterocycles. The maximum absolute atomic E-state index is 9.89. The van der Waals surface area contributed by atoms with Crippen molar-refractivity contribution in [3.05, 3.63) is 12.3 Å². The van der Waals surface area contributed by atoms with Gasteiger partial charge in [0.25, 0.3) is 0 Å². The third-order valence-electron chi connectivity index (χ3n) is 1.86. The maximum Gasteiger partial charge on any atom is 0.309 e. The lowest BCUT2D eigenvalue weighted by molar-refractivity contribution is -0.167. The van der Waals surface area contributed by atoms with Crippen molar-refractivity contribution < 1.29 is 14.3 Å². The second-order valence-corrected chi connectivity index (χ2v) is 3.18. The Bertz CT molecular complexity index is 190. The van der Waals surface area contributed by atoms with E-state index in [4.69, 9.17) is 4.74 Å². The second-order valence-electron chi connectivity index (χ2n) is 3.18. The van der Waals surface area contributed by atoms with Gasteiger partial charge in [0, 0.05) is 5.92 Å². The molecule has 68 valence electrons. The molecule has 2 rings (SSSR count). The highest BCUT2D eigenvalue weighted by Crippen LogP contribution is 2.20. The van der Waals surface area contributed by atoms with E-state index >= 15 is 0 Å². The molecule has 2 fully saturated rings. The van der Waals surface area contributed by atoms with Crippen LogP contribution in [0.15, 0.2) is 12.3 Å². The number of carbonyl (C=O) groups excluding carboxylic acids is 1. The number of hydrogen-bond donors (Lipinski definition) is 0. The van der Waals surface area contributed by atoms with Gasteiger partial charge in [-0.15, -0.1) is 0 Å². The highest BCUT2D eigenvalue weighted by molar-refractivity contribution is 5.74. The summed E-state index contributed by atoms with van der Waals surface area (Å²) in [6.45, 7) is 8.47. The molecule has 3 heteroatoms. The van der Waals surface area contributed by atoms with E-state index in [0.717, 1.165) is 12.4 Å². The molecule has 0 spiro atoms. The predicted octanol–water partition coefficient (Wildman–Crippen LogP) is 1.49. The average molecular weight is 170 g/mol. The maximum atomic E-state index is 9.89. The summed E-state index contributed by atoms with van der Waals surface area (Å²) in [6.07, 6.45) is 0.803. The van der Waals surface area contributed by atoms with Crippen LogP contribution in [0, 0.1) is 5.92 Å². The van der Waals surface area contributed by atoms with Crippen LogP contribution in [-0.2, 0) is 14.3 Å². The van der Waals surface area contributed by atoms with Crippen LogP contribution in [0.1, 0.15) is 20.3 Å². The lowest BCUT2D eigenvalue weighted by atomic mass is 10.1. The number of carbonyl (C=O) groups is 1. The molecule has 0 amide bonds. The zero-order valence-electron chi connectivity index (χ0n) is 7.50. The van der Waals surface area contributed by atoms with Crippen molar-refractivity contribution in [3.63, 3.8) is 0 Å². The van der Waals surface area contributed by atoms with Gasteiger partial charge >= 0.3 is 5.97 Å². The van der Waals surface area contributed by atoms with Gasteiger partial charge in [-0.2, -0.15) is 0 Å². The van der Waals surface area contributed by atoms with E-state index in [9.17, 15) is 4.79 Å². The minimum atomic E-state index is -0.0671. The number of hydrogen-bond acceptors (Lipinski definition) is 3. The number of rotatable bonds is 0. The first-order chi connectivity index (χ1) is 5.59. The molecule has 12 heavy (non-hydrogen) atoms. The van der Waals surface area contributed by atoms with Crippen LogP contribution in [0.5, 0.6) is 0 Å². The van der Waals surface area contributed by atoms with Gasteiger partial charge in [0.2, 0.25) is 0 Å². The number of ether oxygens (including phenoxy) is 2. The molecule has 0 aromatic rings. The zero-order valence-corrected chi connectivity index (χ0v) is 7.50. The monoisotopic (exact) mass is 170 g/mol. The van der Waals surface area contributed by atoms with Gasteiger partial charge in [0.15, 0.2) is 0 Å². The van der Waals surface area contributed by atoms with E-state index in [0.29, 0.717) is 12.3 Å². The van der Waals surface area contributed by atoms with Gasteiger partial charge in [0.05, 0.1) is 18.8 Å². The molecule has 0 aromatic heterocycles. The van der Waals surface area contributed by atoms with E-state index < -0.39 is 0 Å². The van der Waals surface area contributed by atoms with Gasteiger partial charge in [0.1, 0.15) is 6.10 Å². The summed E-state index contributed by atoms with van der Waals surface area (Å²) in [4.78, 5) is 9.89. The fourth-order valence-corrected chi connectivity index (χ4v) is 0.817. The van der Waals surface area contributed by atoms with Crippen LogP contribution >= 0.6 is 0 Å². The van der Waals surface area contributed by atoms with Gasteiger partial charge in [-0.25, -0.2) is 0 Å². The molecular weight excluding hydrogens is 156 g/mol. The van der Waals surface area contributed by atoms with Crippen LogP contribution in [0.3, 0.4) is 0 Å². The Kier molecular flexibility index (Phi) is 2.74. The van der Waals surface area contributed by atoms with Crippen molar-refractivity contribution in [2.45, 2.75) is 26.4 Å². The summed E-state index contributed by atoms with van der Waals surface area (Å²) in [7, 11) is 0. The summed E-state index contributed by atoms with van der Waals surface area (Å²) >= 11 is 0. The third kappa shape index (κ3) is 2.26. The third-order valence-corrected chi connectivity index (χ3v) is 1.86. The molecule has 2 heterocycles. The summed E-state index contributed by atoms with van der Waals surface area (Å²) in [5.41, 5.74) is 0. The van der Waals surface area contributed by atoms with Crippen molar-refractivity contribution in [2.24, 2.45) is 5.92 Å². The lowest BCUT2D eigenvalue weighted by Crippen LogP contribution is -2.29. The van der Waals surface area contributed by atoms with Gasteiger partial charge < -0.3 is 9.47 Å². The molecule has 0 aliphatic carbocycles. The Labute approximate surface area is 72.4 Å². The molecular formula is C9H14O3. The molecule has 3 nitrogen and oxygen atoms in total. The standard InChI is InChI=1S/C5H8O.C4H6O2/c1-4-3-6-5(4)2;1-3-2-4(5)6-3/h4H,2-3H2,1H3;3H,2H2,1H3. The van der Waals surface area contributed by atoms with Gasteiger partial charge in [-0.1, -0.05) is 13.5 Å². The normalized spacial score (nSPS) is 31.5. The number of esters is 1. The Morgan fingerprint density at radius 1 is 1.50 bits per heavy atom. The highest BCUT2D eigenvalue weighted by Gasteiger charge is 2.22. The van der Waals surface area contributed by atoms with Crippen LogP contribution in [0.25, 0.3) is 0 Å². The topological polar surface area (TPSA) is 35.5 Å². The first kappa shape index (κ1) is 9.10. The van der Waals surface area contributed by atoms with Crippen molar-refractivity contribution in [2.75, 3.05) is 6.61 Å². The largest absolute Gasteiger partial charge is 0.497 e. The Hall–Kier alpha value is -0.990. The van der Waals surface area contributed by atoms with E-state index in [1.54, 1.807) is 0 Å². The minimum absolute atomic E-state index is 0.0671. The summed E-state index contributed by atoms with van der Waals surface area (Å²) < 4.78 is 9.35. The van der Waals surface area contributed by atoms with Gasteiger partial charge in [-0.3, -0.25) is 4.79 Å².